The number of nitrogens with zero attached hydrogens (tertiary/aromatic N) is 2. The van der Waals surface area contributed by atoms with Crippen LogP contribution in [0, 0.1) is 0 Å². The number of carboxylic acids is 2. The minimum Gasteiger partial charge on any atom is -0.480 e. The molecule has 2 atom stereocenters. The molecule has 0 saturated heterocycles. The number of hydrogen-bond donors (Lipinski definition) is 4. The molecule has 0 aliphatic carbocycles. The Balaban J connectivity index is 1.81. The fraction of sp³-hybridized carbons (Fsp3) is 0.217. The van der Waals surface area contributed by atoms with Gasteiger partial charge in [0.25, 0.3) is 0 Å². The van der Waals surface area contributed by atoms with Gasteiger partial charge in [0.15, 0.2) is 5.82 Å². The summed E-state index contributed by atoms with van der Waals surface area (Å²) in [7, 11) is 1.46. The van der Waals surface area contributed by atoms with Crippen LogP contribution in [0.2, 0.25) is 0 Å². The van der Waals surface area contributed by atoms with Crippen LogP contribution in [0.15, 0.2) is 60.7 Å². The molecule has 0 unspecified atom stereocenters. The van der Waals surface area contributed by atoms with Crippen molar-refractivity contribution < 1.29 is 24.6 Å². The summed E-state index contributed by atoms with van der Waals surface area (Å²) < 4.78 is 0. The lowest BCUT2D eigenvalue weighted by Gasteiger charge is -2.25. The van der Waals surface area contributed by atoms with Gasteiger partial charge in [-0.15, -0.1) is 0 Å². The molecule has 0 fully saturated rings. The number of aliphatic carboxylic acids is 1. The third kappa shape index (κ3) is 5.38. The zero-order chi connectivity index (χ0) is 23.3. The van der Waals surface area contributed by atoms with E-state index < -0.39 is 29.9 Å². The van der Waals surface area contributed by atoms with Crippen LogP contribution in [0.3, 0.4) is 0 Å². The SMILES string of the molecule is C[C@H](N[C@H](Cc1ccc(-c2ccccc2)cc1)C(=O)N(C)c1cc(C(=O)O)[nH]n1)C(=O)O. The highest BCUT2D eigenvalue weighted by Crippen LogP contribution is 2.20. The van der Waals surface area contributed by atoms with Crippen LogP contribution in [0.5, 0.6) is 0 Å². The van der Waals surface area contributed by atoms with E-state index in [0.717, 1.165) is 16.7 Å². The number of aromatic carboxylic acids is 1. The summed E-state index contributed by atoms with van der Waals surface area (Å²) >= 11 is 0. The van der Waals surface area contributed by atoms with Crippen molar-refractivity contribution in [1.29, 1.82) is 0 Å². The maximum atomic E-state index is 13.1. The number of aromatic nitrogens is 2. The van der Waals surface area contributed by atoms with Gasteiger partial charge < -0.3 is 10.2 Å². The van der Waals surface area contributed by atoms with E-state index in [2.05, 4.69) is 15.5 Å². The van der Waals surface area contributed by atoms with E-state index in [0.29, 0.717) is 0 Å². The van der Waals surface area contributed by atoms with Gasteiger partial charge in [-0.25, -0.2) is 4.79 Å². The Bertz CT molecular complexity index is 1100. The van der Waals surface area contributed by atoms with Gasteiger partial charge in [-0.05, 0) is 30.0 Å². The van der Waals surface area contributed by atoms with Crippen LogP contribution < -0.4 is 10.2 Å². The fourth-order valence-electron chi connectivity index (χ4n) is 3.23. The smallest absolute Gasteiger partial charge is 0.353 e. The first-order valence-corrected chi connectivity index (χ1v) is 9.95. The molecule has 0 radical (unpaired) electrons. The van der Waals surface area contributed by atoms with E-state index in [1.807, 2.05) is 54.6 Å². The molecule has 2 aromatic carbocycles. The van der Waals surface area contributed by atoms with Crippen molar-refractivity contribution in [3.05, 3.63) is 71.9 Å². The van der Waals surface area contributed by atoms with Crippen molar-refractivity contribution in [2.75, 3.05) is 11.9 Å². The molecule has 166 valence electrons. The number of amides is 1. The number of benzene rings is 2. The topological polar surface area (TPSA) is 136 Å². The number of carbonyl (C=O) groups is 3. The van der Waals surface area contributed by atoms with E-state index >= 15 is 0 Å². The van der Waals surface area contributed by atoms with Gasteiger partial charge >= 0.3 is 11.9 Å². The van der Waals surface area contributed by atoms with Crippen LogP contribution >= 0.6 is 0 Å². The van der Waals surface area contributed by atoms with Crippen molar-refractivity contribution in [2.24, 2.45) is 0 Å². The lowest BCUT2D eigenvalue weighted by atomic mass is 9.99. The number of carbonyl (C=O) groups excluding carboxylic acids is 1. The highest BCUT2D eigenvalue weighted by Gasteiger charge is 2.28. The van der Waals surface area contributed by atoms with Crippen LogP contribution in [-0.2, 0) is 16.0 Å². The molecule has 1 aromatic heterocycles. The number of nitrogens with one attached hydrogen (secondary N) is 2. The molecule has 4 N–H and O–H groups in total. The second-order valence-corrected chi connectivity index (χ2v) is 7.39. The van der Waals surface area contributed by atoms with Crippen LogP contribution in [0.25, 0.3) is 11.1 Å². The number of rotatable bonds is 9. The minimum atomic E-state index is -1.20. The fourth-order valence-corrected chi connectivity index (χ4v) is 3.23. The van der Waals surface area contributed by atoms with Crippen molar-refractivity contribution >= 4 is 23.7 Å². The number of anilines is 1. The molecule has 3 rings (SSSR count). The van der Waals surface area contributed by atoms with Crippen molar-refractivity contribution in [3.63, 3.8) is 0 Å². The van der Waals surface area contributed by atoms with Crippen molar-refractivity contribution in [1.82, 2.24) is 15.5 Å². The molecule has 32 heavy (non-hydrogen) atoms. The monoisotopic (exact) mass is 436 g/mol. The highest BCUT2D eigenvalue weighted by atomic mass is 16.4. The van der Waals surface area contributed by atoms with Gasteiger partial charge in [0, 0.05) is 13.1 Å². The van der Waals surface area contributed by atoms with Crippen LogP contribution in [0.1, 0.15) is 23.0 Å². The van der Waals surface area contributed by atoms with Crippen molar-refractivity contribution in [2.45, 2.75) is 25.4 Å². The first-order valence-electron chi connectivity index (χ1n) is 9.95. The zero-order valence-corrected chi connectivity index (χ0v) is 17.6. The average molecular weight is 436 g/mol. The normalized spacial score (nSPS) is 12.7. The third-order valence-corrected chi connectivity index (χ3v) is 5.09. The van der Waals surface area contributed by atoms with Gasteiger partial charge in [-0.2, -0.15) is 5.10 Å². The molecule has 9 nitrogen and oxygen atoms in total. The first kappa shape index (κ1) is 22.7. The van der Waals surface area contributed by atoms with E-state index in [1.165, 1.54) is 24.9 Å². The second-order valence-electron chi connectivity index (χ2n) is 7.39. The Morgan fingerprint density at radius 1 is 1.03 bits per heavy atom. The average Bonchev–Trinajstić information content (AvgIpc) is 3.29. The van der Waals surface area contributed by atoms with E-state index in [1.54, 1.807) is 0 Å². The molecule has 0 aliphatic rings. The molecular formula is C23H24N4O5. The van der Waals surface area contributed by atoms with E-state index in [9.17, 15) is 19.5 Å². The quantitative estimate of drug-likeness (QED) is 0.404. The molecule has 9 heteroatoms. The lowest BCUT2D eigenvalue weighted by molar-refractivity contribution is -0.139. The molecule has 0 saturated carbocycles. The van der Waals surface area contributed by atoms with Gasteiger partial charge in [0.1, 0.15) is 11.7 Å². The Morgan fingerprint density at radius 2 is 1.66 bits per heavy atom. The molecule has 1 amide bonds. The molecule has 1 heterocycles. The summed E-state index contributed by atoms with van der Waals surface area (Å²) in [5.41, 5.74) is 2.78. The molecule has 0 spiro atoms. The molecule has 0 aliphatic heterocycles. The number of carboxylic acid groups (broad SMARTS) is 2. The summed E-state index contributed by atoms with van der Waals surface area (Å²) in [5, 5.41) is 27.4. The Morgan fingerprint density at radius 3 is 2.22 bits per heavy atom. The molecule has 0 bridgehead atoms. The zero-order valence-electron chi connectivity index (χ0n) is 17.6. The van der Waals surface area contributed by atoms with Gasteiger partial charge in [0.05, 0.1) is 6.04 Å². The lowest BCUT2D eigenvalue weighted by Crippen LogP contribution is -2.51. The largest absolute Gasteiger partial charge is 0.480 e. The van der Waals surface area contributed by atoms with Gasteiger partial charge in [-0.3, -0.25) is 24.9 Å². The molecular weight excluding hydrogens is 412 g/mol. The number of likely N-dealkylation sites (N-methyl/N-ethyl adjacent to an activating group) is 1. The second kappa shape index (κ2) is 9.88. The highest BCUT2D eigenvalue weighted by molar-refractivity contribution is 5.97. The first-order chi connectivity index (χ1) is 15.3. The maximum absolute atomic E-state index is 13.1. The predicted octanol–water partition coefficient (Wildman–Crippen LogP) is 2.41. The summed E-state index contributed by atoms with van der Waals surface area (Å²) in [6, 6.07) is 17.0. The standard InChI is InChI=1S/C23H24N4O5/c1-14(22(29)30)24-18(21(28)27(2)20-13-19(23(31)32)25-26-20)12-15-8-10-17(11-9-15)16-6-4-3-5-7-16/h3-11,13-14,18,24H,12H2,1-2H3,(H,25,26)(H,29,30)(H,31,32)/t14-,18+/m0/s1. The summed E-state index contributed by atoms with van der Waals surface area (Å²) in [6.45, 7) is 1.46. The summed E-state index contributed by atoms with van der Waals surface area (Å²) in [4.78, 5) is 36.8. The van der Waals surface area contributed by atoms with Gasteiger partial charge in [-0.1, -0.05) is 54.6 Å². The minimum absolute atomic E-state index is 0.126. The third-order valence-electron chi connectivity index (χ3n) is 5.09. The van der Waals surface area contributed by atoms with Crippen LogP contribution in [0.4, 0.5) is 5.82 Å². The van der Waals surface area contributed by atoms with Crippen molar-refractivity contribution in [3.8, 4) is 11.1 Å². The van der Waals surface area contributed by atoms with E-state index in [-0.39, 0.29) is 17.9 Å². The predicted molar refractivity (Wildman–Crippen MR) is 119 cm³/mol. The Kier molecular flexibility index (Phi) is 7.01. The molecule has 3 aromatic rings. The Hall–Kier alpha value is -3.98. The Labute approximate surface area is 184 Å². The van der Waals surface area contributed by atoms with Crippen LogP contribution in [-0.4, -0.2) is 57.4 Å². The summed E-state index contributed by atoms with van der Waals surface area (Å²) in [5.74, 6) is -2.59. The number of hydrogen-bond acceptors (Lipinski definition) is 5. The number of H-pyrrole nitrogens is 1. The van der Waals surface area contributed by atoms with Gasteiger partial charge in [0.2, 0.25) is 5.91 Å². The van der Waals surface area contributed by atoms with E-state index in [4.69, 9.17) is 5.11 Å². The number of aromatic amines is 1. The maximum Gasteiger partial charge on any atom is 0.353 e. The summed E-state index contributed by atoms with van der Waals surface area (Å²) in [6.07, 6.45) is 0.242.